The molecule has 3 rings (SSSR count). The second kappa shape index (κ2) is 7.40. The molecule has 2 aromatic heterocycles. The molecule has 0 fully saturated rings. The van der Waals surface area contributed by atoms with E-state index in [0.717, 1.165) is 5.56 Å². The van der Waals surface area contributed by atoms with Crippen LogP contribution in [0.25, 0.3) is 11.3 Å². The number of Topliss-reactive ketones (excluding diaryl/α,β-unsaturated/α-hetero) is 1. The van der Waals surface area contributed by atoms with Crippen LogP contribution in [0.1, 0.15) is 27.8 Å². The van der Waals surface area contributed by atoms with E-state index in [1.807, 2.05) is 17.5 Å². The molecule has 134 valence electrons. The molecule has 0 aliphatic heterocycles. The van der Waals surface area contributed by atoms with Crippen LogP contribution < -0.4 is 14.8 Å². The number of thiazole rings is 1. The first-order chi connectivity index (χ1) is 12.5. The first kappa shape index (κ1) is 17.7. The van der Waals surface area contributed by atoms with E-state index in [1.54, 1.807) is 20.3 Å². The molecule has 1 aromatic carbocycles. The Hall–Kier alpha value is -3.13. The van der Waals surface area contributed by atoms with Gasteiger partial charge in [-0.15, -0.1) is 11.3 Å². The van der Waals surface area contributed by atoms with Gasteiger partial charge in [-0.1, -0.05) is 0 Å². The number of H-pyrrole nitrogens is 1. The molecule has 0 atom stereocenters. The molecule has 0 saturated heterocycles. The number of aromatic nitrogens is 2. The Morgan fingerprint density at radius 1 is 1.15 bits per heavy atom. The zero-order chi connectivity index (χ0) is 18.7. The molecule has 0 aliphatic rings. The van der Waals surface area contributed by atoms with Crippen molar-refractivity contribution in [3.63, 3.8) is 0 Å². The third kappa shape index (κ3) is 3.60. The Balaban J connectivity index is 1.77. The van der Waals surface area contributed by atoms with E-state index in [9.17, 15) is 9.59 Å². The Morgan fingerprint density at radius 3 is 2.58 bits per heavy atom. The summed E-state index contributed by atoms with van der Waals surface area (Å²) in [6, 6.07) is 7.00. The lowest BCUT2D eigenvalue weighted by atomic mass is 10.1. The molecule has 0 aliphatic carbocycles. The highest BCUT2D eigenvalue weighted by Gasteiger charge is 2.14. The predicted octanol–water partition coefficient (Wildman–Crippen LogP) is 3.61. The molecule has 0 spiro atoms. The molecule has 0 unspecified atom stereocenters. The van der Waals surface area contributed by atoms with Gasteiger partial charge >= 0.3 is 0 Å². The maximum Gasteiger partial charge on any atom is 0.273 e. The topological polar surface area (TPSA) is 93.3 Å². The lowest BCUT2D eigenvalue weighted by molar-refractivity contribution is 0.101. The van der Waals surface area contributed by atoms with Gasteiger partial charge < -0.3 is 14.5 Å². The molecule has 2 heterocycles. The smallest absolute Gasteiger partial charge is 0.273 e. The van der Waals surface area contributed by atoms with E-state index < -0.39 is 0 Å². The number of benzene rings is 1. The van der Waals surface area contributed by atoms with Crippen molar-refractivity contribution in [2.45, 2.75) is 6.92 Å². The number of hydrogen-bond acceptors (Lipinski definition) is 6. The number of carbonyl (C=O) groups is 2. The fourth-order valence-corrected chi connectivity index (χ4v) is 3.07. The Labute approximate surface area is 154 Å². The summed E-state index contributed by atoms with van der Waals surface area (Å²) in [4.78, 5) is 30.8. The van der Waals surface area contributed by atoms with Crippen LogP contribution in [0.4, 0.5) is 5.13 Å². The van der Waals surface area contributed by atoms with Crippen molar-refractivity contribution >= 4 is 28.2 Å². The molecule has 2 N–H and O–H groups in total. The van der Waals surface area contributed by atoms with Gasteiger partial charge in [-0.3, -0.25) is 14.9 Å². The van der Waals surface area contributed by atoms with Crippen LogP contribution >= 0.6 is 11.3 Å². The fraction of sp³-hybridized carbons (Fsp3) is 0.167. The molecular weight excluding hydrogens is 354 g/mol. The summed E-state index contributed by atoms with van der Waals surface area (Å²) >= 11 is 1.31. The van der Waals surface area contributed by atoms with Crippen molar-refractivity contribution in [2.24, 2.45) is 0 Å². The summed E-state index contributed by atoms with van der Waals surface area (Å²) in [6.07, 6.45) is 1.51. The van der Waals surface area contributed by atoms with Crippen LogP contribution in [0.3, 0.4) is 0 Å². The molecule has 7 nitrogen and oxygen atoms in total. The molecule has 0 radical (unpaired) electrons. The number of ketones is 1. The number of ether oxygens (including phenoxy) is 2. The zero-order valence-corrected chi connectivity index (χ0v) is 15.3. The standard InChI is InChI=1S/C18H17N3O4S/c1-10(22)12-6-13(19-8-12)17(23)21-18-20-14(9-26-18)11-4-5-15(24-2)16(7-11)25-3/h4-9,19H,1-3H3,(H,20,21,23). The SMILES string of the molecule is COc1ccc(-c2csc(NC(=O)c3cc(C(C)=O)c[nH]3)n2)cc1OC. The van der Waals surface area contributed by atoms with Crippen LogP contribution in [0, 0.1) is 0 Å². The number of nitrogens with zero attached hydrogens (tertiary/aromatic N) is 1. The van der Waals surface area contributed by atoms with Crippen molar-refractivity contribution in [3.8, 4) is 22.8 Å². The molecule has 26 heavy (non-hydrogen) atoms. The minimum atomic E-state index is -0.356. The van der Waals surface area contributed by atoms with Crippen LogP contribution in [0.15, 0.2) is 35.8 Å². The summed E-state index contributed by atoms with van der Waals surface area (Å²) in [6.45, 7) is 1.45. The van der Waals surface area contributed by atoms with Gasteiger partial charge in [0.05, 0.1) is 19.9 Å². The van der Waals surface area contributed by atoms with E-state index in [0.29, 0.717) is 33.6 Å². The van der Waals surface area contributed by atoms with Crippen molar-refractivity contribution in [1.29, 1.82) is 0 Å². The number of nitrogens with one attached hydrogen (secondary N) is 2. The summed E-state index contributed by atoms with van der Waals surface area (Å²) < 4.78 is 10.5. The first-order valence-corrected chi connectivity index (χ1v) is 8.58. The van der Waals surface area contributed by atoms with Gasteiger partial charge in [0, 0.05) is 22.7 Å². The number of anilines is 1. The lowest BCUT2D eigenvalue weighted by Crippen LogP contribution is -2.12. The third-order valence-electron chi connectivity index (χ3n) is 3.74. The van der Waals surface area contributed by atoms with E-state index >= 15 is 0 Å². The van der Waals surface area contributed by atoms with Crippen molar-refractivity contribution in [1.82, 2.24) is 9.97 Å². The average molecular weight is 371 g/mol. The molecular formula is C18H17N3O4S. The number of carbonyl (C=O) groups excluding carboxylic acids is 2. The number of hydrogen-bond donors (Lipinski definition) is 2. The average Bonchev–Trinajstić information content (AvgIpc) is 3.30. The highest BCUT2D eigenvalue weighted by Crippen LogP contribution is 2.33. The van der Waals surface area contributed by atoms with Crippen LogP contribution in [0.2, 0.25) is 0 Å². The van der Waals surface area contributed by atoms with Gasteiger partial charge in [0.2, 0.25) is 0 Å². The Bertz CT molecular complexity index is 961. The van der Waals surface area contributed by atoms with Crippen molar-refractivity contribution in [3.05, 3.63) is 47.1 Å². The van der Waals surface area contributed by atoms with Crippen LogP contribution in [-0.4, -0.2) is 35.9 Å². The van der Waals surface area contributed by atoms with E-state index in [4.69, 9.17) is 9.47 Å². The maximum absolute atomic E-state index is 12.3. The second-order valence-electron chi connectivity index (χ2n) is 5.42. The molecule has 8 heteroatoms. The fourth-order valence-electron chi connectivity index (χ4n) is 2.35. The zero-order valence-electron chi connectivity index (χ0n) is 14.5. The Kier molecular flexibility index (Phi) is 5.04. The number of methoxy groups -OCH3 is 2. The van der Waals surface area contributed by atoms with Gasteiger partial charge in [0.15, 0.2) is 22.4 Å². The van der Waals surface area contributed by atoms with Crippen LogP contribution in [-0.2, 0) is 0 Å². The first-order valence-electron chi connectivity index (χ1n) is 7.70. The summed E-state index contributed by atoms with van der Waals surface area (Å²) in [5.74, 6) is 0.774. The Morgan fingerprint density at radius 2 is 1.92 bits per heavy atom. The van der Waals surface area contributed by atoms with Crippen LogP contribution in [0.5, 0.6) is 11.5 Å². The van der Waals surface area contributed by atoms with E-state index in [2.05, 4.69) is 15.3 Å². The maximum atomic E-state index is 12.3. The van der Waals surface area contributed by atoms with Gasteiger partial charge in [-0.25, -0.2) is 4.98 Å². The number of rotatable bonds is 6. The van der Waals surface area contributed by atoms with Crippen molar-refractivity contribution < 1.29 is 19.1 Å². The monoisotopic (exact) mass is 371 g/mol. The molecule has 0 saturated carbocycles. The molecule has 0 bridgehead atoms. The number of aromatic amines is 1. The van der Waals surface area contributed by atoms with Gasteiger partial charge in [-0.05, 0) is 31.2 Å². The van der Waals surface area contributed by atoms with E-state index in [1.165, 1.54) is 30.5 Å². The largest absolute Gasteiger partial charge is 0.493 e. The quantitative estimate of drug-likeness (QED) is 0.646. The minimum absolute atomic E-state index is 0.106. The van der Waals surface area contributed by atoms with E-state index in [-0.39, 0.29) is 11.7 Å². The third-order valence-corrected chi connectivity index (χ3v) is 4.50. The highest BCUT2D eigenvalue weighted by molar-refractivity contribution is 7.14. The number of amides is 1. The van der Waals surface area contributed by atoms with Crippen molar-refractivity contribution in [2.75, 3.05) is 19.5 Å². The molecule has 3 aromatic rings. The second-order valence-corrected chi connectivity index (χ2v) is 6.28. The molecule has 1 amide bonds. The summed E-state index contributed by atoms with van der Waals surface area (Å²) in [5, 5.41) is 5.02. The van der Waals surface area contributed by atoms with Gasteiger partial charge in [-0.2, -0.15) is 0 Å². The highest BCUT2D eigenvalue weighted by atomic mass is 32.1. The lowest BCUT2D eigenvalue weighted by Gasteiger charge is -2.08. The summed E-state index contributed by atoms with van der Waals surface area (Å²) in [5.41, 5.74) is 2.32. The normalized spacial score (nSPS) is 10.4. The minimum Gasteiger partial charge on any atom is -0.493 e. The van der Waals surface area contributed by atoms with Gasteiger partial charge in [0.1, 0.15) is 5.69 Å². The summed E-state index contributed by atoms with van der Waals surface area (Å²) in [7, 11) is 3.14. The predicted molar refractivity (Wildman–Crippen MR) is 99.4 cm³/mol. The van der Waals surface area contributed by atoms with Gasteiger partial charge in [0.25, 0.3) is 5.91 Å².